The number of carbonyl (C=O) groups is 1. The largest absolute Gasteiger partial charge is 0.316 e. The Morgan fingerprint density at radius 3 is 2.90 bits per heavy atom. The highest BCUT2D eigenvalue weighted by atomic mass is 32.2. The molecule has 0 atom stereocenters. The molecule has 1 aliphatic rings. The molecule has 144 valence electrons. The van der Waals surface area contributed by atoms with Crippen molar-refractivity contribution < 1.29 is 4.79 Å². The highest BCUT2D eigenvalue weighted by Gasteiger charge is 2.22. The van der Waals surface area contributed by atoms with Crippen LogP contribution >= 0.6 is 23.1 Å². The Bertz CT molecular complexity index is 1200. The molecule has 29 heavy (non-hydrogen) atoms. The summed E-state index contributed by atoms with van der Waals surface area (Å²) in [6.45, 7) is 1.98. The van der Waals surface area contributed by atoms with Gasteiger partial charge in [-0.3, -0.25) is 4.79 Å². The number of rotatable bonds is 4. The molecule has 1 N–H and O–H groups in total. The van der Waals surface area contributed by atoms with Crippen LogP contribution < -0.4 is 5.32 Å². The predicted molar refractivity (Wildman–Crippen MR) is 116 cm³/mol. The van der Waals surface area contributed by atoms with Crippen LogP contribution in [0, 0.1) is 29.6 Å². The van der Waals surface area contributed by atoms with E-state index in [1.165, 1.54) is 28.0 Å². The van der Waals surface area contributed by atoms with Gasteiger partial charge < -0.3 is 5.32 Å². The number of aromatic nitrogens is 1. The van der Waals surface area contributed by atoms with E-state index in [2.05, 4.69) is 22.4 Å². The molecule has 0 bridgehead atoms. The first-order valence-corrected chi connectivity index (χ1v) is 11.2. The number of carbonyl (C=O) groups excluding carboxylic acids is 1. The van der Waals surface area contributed by atoms with Crippen LogP contribution in [0.3, 0.4) is 0 Å². The lowest BCUT2D eigenvalue weighted by atomic mass is 9.96. The first-order chi connectivity index (χ1) is 14.1. The van der Waals surface area contributed by atoms with E-state index >= 15 is 0 Å². The number of hydrogen-bond acceptors (Lipinski definition) is 6. The third kappa shape index (κ3) is 3.85. The summed E-state index contributed by atoms with van der Waals surface area (Å²) in [6, 6.07) is 12.1. The number of hydrogen-bond donors (Lipinski definition) is 1. The van der Waals surface area contributed by atoms with Gasteiger partial charge in [-0.15, -0.1) is 11.3 Å². The van der Waals surface area contributed by atoms with Gasteiger partial charge in [-0.05, 0) is 49.8 Å². The van der Waals surface area contributed by atoms with Gasteiger partial charge >= 0.3 is 0 Å². The Kier molecular flexibility index (Phi) is 5.53. The van der Waals surface area contributed by atoms with Crippen molar-refractivity contribution in [2.24, 2.45) is 0 Å². The molecular formula is C22H18N4OS2. The molecule has 0 aliphatic heterocycles. The van der Waals surface area contributed by atoms with E-state index in [1.807, 2.05) is 31.2 Å². The quantitative estimate of drug-likeness (QED) is 0.605. The SMILES string of the molecule is Cc1cccc2cc(C#N)c(SCC(=O)Nc3sc4c(c3C#N)CCCC4)nc12. The summed E-state index contributed by atoms with van der Waals surface area (Å²) < 4.78 is 0. The van der Waals surface area contributed by atoms with E-state index in [-0.39, 0.29) is 11.7 Å². The summed E-state index contributed by atoms with van der Waals surface area (Å²) in [4.78, 5) is 18.4. The van der Waals surface area contributed by atoms with Crippen LogP contribution in [0.25, 0.3) is 10.9 Å². The molecule has 1 aliphatic carbocycles. The maximum Gasteiger partial charge on any atom is 0.235 e. The van der Waals surface area contributed by atoms with Gasteiger partial charge in [-0.1, -0.05) is 30.0 Å². The number of nitrogens with one attached hydrogen (secondary N) is 1. The highest BCUT2D eigenvalue weighted by molar-refractivity contribution is 8.00. The van der Waals surface area contributed by atoms with Crippen molar-refractivity contribution in [1.82, 2.24) is 4.98 Å². The Morgan fingerprint density at radius 1 is 1.28 bits per heavy atom. The van der Waals surface area contributed by atoms with Crippen LogP contribution in [-0.4, -0.2) is 16.6 Å². The Balaban J connectivity index is 1.52. The number of para-hydroxylation sites is 1. The standard InChI is InChI=1S/C22H18N4OS2/c1-13-5-4-6-14-9-15(10-23)21(26-20(13)14)28-12-19(27)25-22-17(11-24)16-7-2-3-8-18(16)29-22/h4-6,9H,2-3,7-8,12H2,1H3,(H,25,27). The number of nitriles is 2. The molecule has 1 aromatic carbocycles. The fourth-order valence-corrected chi connectivity index (χ4v) is 5.60. The first kappa shape index (κ1) is 19.4. The van der Waals surface area contributed by atoms with Crippen LogP contribution in [0.2, 0.25) is 0 Å². The monoisotopic (exact) mass is 418 g/mol. The molecule has 0 unspecified atom stereocenters. The van der Waals surface area contributed by atoms with Crippen LogP contribution in [0.1, 0.15) is 40.0 Å². The lowest BCUT2D eigenvalue weighted by molar-refractivity contribution is -0.113. The molecule has 5 nitrogen and oxygen atoms in total. The van der Waals surface area contributed by atoms with Gasteiger partial charge in [0.25, 0.3) is 0 Å². The number of thioether (sulfide) groups is 1. The van der Waals surface area contributed by atoms with Crippen LogP contribution in [0.4, 0.5) is 5.00 Å². The number of anilines is 1. The molecule has 0 saturated carbocycles. The molecule has 4 rings (SSSR count). The molecule has 0 radical (unpaired) electrons. The summed E-state index contributed by atoms with van der Waals surface area (Å²) in [6.07, 6.45) is 4.10. The zero-order valence-corrected chi connectivity index (χ0v) is 17.5. The fraction of sp³-hybridized carbons (Fsp3) is 0.273. The van der Waals surface area contributed by atoms with Crippen LogP contribution in [0.15, 0.2) is 29.3 Å². The van der Waals surface area contributed by atoms with Crippen LogP contribution in [0.5, 0.6) is 0 Å². The molecule has 3 aromatic rings. The first-order valence-electron chi connectivity index (χ1n) is 9.38. The number of benzene rings is 1. The zero-order valence-electron chi connectivity index (χ0n) is 15.9. The smallest absolute Gasteiger partial charge is 0.235 e. The topological polar surface area (TPSA) is 89.6 Å². The summed E-state index contributed by atoms with van der Waals surface area (Å²) in [5.74, 6) is -0.0624. The minimum absolute atomic E-state index is 0.131. The van der Waals surface area contributed by atoms with Gasteiger partial charge in [0.2, 0.25) is 5.91 Å². The van der Waals surface area contributed by atoms with Crippen molar-refractivity contribution in [3.63, 3.8) is 0 Å². The molecule has 0 saturated heterocycles. The average molecular weight is 419 g/mol. The second-order valence-corrected chi connectivity index (χ2v) is 9.03. The number of thiophene rings is 1. The van der Waals surface area contributed by atoms with Crippen molar-refractivity contribution in [3.05, 3.63) is 51.4 Å². The summed E-state index contributed by atoms with van der Waals surface area (Å²) >= 11 is 2.76. The van der Waals surface area contributed by atoms with E-state index in [9.17, 15) is 15.3 Å². The lowest BCUT2D eigenvalue weighted by Gasteiger charge is -2.09. The summed E-state index contributed by atoms with van der Waals surface area (Å²) in [5, 5.41) is 24.0. The number of fused-ring (bicyclic) bond motifs is 2. The van der Waals surface area contributed by atoms with Crippen molar-refractivity contribution in [2.45, 2.75) is 37.6 Å². The Labute approximate surface area is 177 Å². The van der Waals surface area contributed by atoms with Gasteiger partial charge in [0, 0.05) is 10.3 Å². The van der Waals surface area contributed by atoms with Gasteiger partial charge in [-0.2, -0.15) is 10.5 Å². The van der Waals surface area contributed by atoms with Crippen molar-refractivity contribution in [2.75, 3.05) is 11.1 Å². The second-order valence-electron chi connectivity index (χ2n) is 6.96. The van der Waals surface area contributed by atoms with Gasteiger partial charge in [0.1, 0.15) is 22.2 Å². The van der Waals surface area contributed by atoms with Crippen LogP contribution in [-0.2, 0) is 17.6 Å². The van der Waals surface area contributed by atoms with E-state index in [0.717, 1.165) is 47.7 Å². The third-order valence-electron chi connectivity index (χ3n) is 5.01. The van der Waals surface area contributed by atoms with Crippen molar-refractivity contribution in [3.8, 4) is 12.1 Å². The van der Waals surface area contributed by atoms with Gasteiger partial charge in [0.15, 0.2) is 0 Å². The molecule has 0 spiro atoms. The molecule has 2 aromatic heterocycles. The zero-order chi connectivity index (χ0) is 20.4. The minimum atomic E-state index is -0.194. The summed E-state index contributed by atoms with van der Waals surface area (Å²) in [7, 11) is 0. The third-order valence-corrected chi connectivity index (χ3v) is 7.21. The van der Waals surface area contributed by atoms with E-state index < -0.39 is 0 Å². The van der Waals surface area contributed by atoms with E-state index in [1.54, 1.807) is 0 Å². The Hall–Kier alpha value is -2.87. The number of nitrogens with zero attached hydrogens (tertiary/aromatic N) is 3. The number of pyridine rings is 1. The Morgan fingerprint density at radius 2 is 2.10 bits per heavy atom. The molecular weight excluding hydrogens is 400 g/mol. The molecule has 7 heteroatoms. The average Bonchev–Trinajstić information content (AvgIpc) is 3.08. The van der Waals surface area contributed by atoms with E-state index in [0.29, 0.717) is 21.2 Å². The molecule has 0 fully saturated rings. The van der Waals surface area contributed by atoms with Crippen molar-refractivity contribution >= 4 is 44.9 Å². The molecule has 1 amide bonds. The van der Waals surface area contributed by atoms with Gasteiger partial charge in [-0.25, -0.2) is 4.98 Å². The molecule has 2 heterocycles. The predicted octanol–water partition coefficient (Wildman–Crippen LogP) is 4.96. The maximum absolute atomic E-state index is 12.6. The van der Waals surface area contributed by atoms with E-state index in [4.69, 9.17) is 0 Å². The summed E-state index contributed by atoms with van der Waals surface area (Å²) in [5.41, 5.74) is 4.05. The normalized spacial score (nSPS) is 12.8. The van der Waals surface area contributed by atoms with Gasteiger partial charge in [0.05, 0.1) is 22.4 Å². The minimum Gasteiger partial charge on any atom is -0.316 e. The lowest BCUT2D eigenvalue weighted by Crippen LogP contribution is -2.14. The van der Waals surface area contributed by atoms with Crippen molar-refractivity contribution in [1.29, 1.82) is 10.5 Å². The number of aryl methyl sites for hydroxylation is 2. The highest BCUT2D eigenvalue weighted by Crippen LogP contribution is 2.37. The second kappa shape index (κ2) is 8.24. The number of amides is 1. The maximum atomic E-state index is 12.6. The fourth-order valence-electron chi connectivity index (χ4n) is 3.59.